The zero-order valence-corrected chi connectivity index (χ0v) is 14.7. The summed E-state index contributed by atoms with van der Waals surface area (Å²) in [4.78, 5) is 24.1. The van der Waals surface area contributed by atoms with Crippen LogP contribution in [0, 0.1) is 0 Å². The van der Waals surface area contributed by atoms with Gasteiger partial charge in [-0.3, -0.25) is 9.59 Å². The highest BCUT2D eigenvalue weighted by molar-refractivity contribution is 6.43. The van der Waals surface area contributed by atoms with Gasteiger partial charge in [-0.25, -0.2) is 0 Å². The van der Waals surface area contributed by atoms with Crippen LogP contribution < -0.4 is 20.7 Å². The topological polar surface area (TPSA) is 79.5 Å². The van der Waals surface area contributed by atoms with Gasteiger partial charge < -0.3 is 20.7 Å². The molecule has 3 rings (SSSR count). The number of carbonyl (C=O) groups is 2. The van der Waals surface area contributed by atoms with Crippen molar-refractivity contribution in [3.8, 4) is 5.75 Å². The number of hydrogen-bond donors (Lipinski definition) is 3. The molecule has 27 heavy (non-hydrogen) atoms. The summed E-state index contributed by atoms with van der Waals surface area (Å²) in [6.07, 6.45) is 0. The van der Waals surface area contributed by atoms with Crippen molar-refractivity contribution in [3.63, 3.8) is 0 Å². The number of benzene rings is 3. The molecule has 6 nitrogen and oxygen atoms in total. The van der Waals surface area contributed by atoms with Gasteiger partial charge in [0.05, 0.1) is 7.11 Å². The minimum atomic E-state index is -0.744. The van der Waals surface area contributed by atoms with Crippen LogP contribution in [0.25, 0.3) is 0 Å². The zero-order valence-electron chi connectivity index (χ0n) is 14.7. The third kappa shape index (κ3) is 5.09. The van der Waals surface area contributed by atoms with Crippen LogP contribution in [-0.2, 0) is 9.59 Å². The standard InChI is InChI=1S/C21H19N3O3/c1-27-19-13-11-18(12-14-19)24-21(26)20(25)23-17-9-7-16(8-10-17)22-15-5-3-2-4-6-15/h2-14,22H,1H3,(H,23,25)(H,24,26). The van der Waals surface area contributed by atoms with E-state index in [0.29, 0.717) is 17.1 Å². The molecule has 0 heterocycles. The molecule has 0 fully saturated rings. The highest BCUT2D eigenvalue weighted by atomic mass is 16.5. The van der Waals surface area contributed by atoms with Gasteiger partial charge in [0.2, 0.25) is 0 Å². The van der Waals surface area contributed by atoms with Crippen molar-refractivity contribution in [1.29, 1.82) is 0 Å². The third-order valence-corrected chi connectivity index (χ3v) is 3.76. The molecule has 0 aliphatic carbocycles. The van der Waals surface area contributed by atoms with Crippen molar-refractivity contribution < 1.29 is 14.3 Å². The maximum atomic E-state index is 12.1. The van der Waals surface area contributed by atoms with E-state index in [9.17, 15) is 9.59 Å². The highest BCUT2D eigenvalue weighted by Gasteiger charge is 2.14. The van der Waals surface area contributed by atoms with Gasteiger partial charge in [-0.05, 0) is 60.7 Å². The van der Waals surface area contributed by atoms with Gasteiger partial charge in [0, 0.05) is 22.7 Å². The molecule has 0 saturated heterocycles. The van der Waals surface area contributed by atoms with Gasteiger partial charge in [0.15, 0.2) is 0 Å². The van der Waals surface area contributed by atoms with Gasteiger partial charge in [0.25, 0.3) is 0 Å². The lowest BCUT2D eigenvalue weighted by Gasteiger charge is -2.09. The van der Waals surface area contributed by atoms with E-state index in [4.69, 9.17) is 4.74 Å². The minimum Gasteiger partial charge on any atom is -0.497 e. The smallest absolute Gasteiger partial charge is 0.314 e. The zero-order chi connectivity index (χ0) is 19.1. The second kappa shape index (κ2) is 8.53. The number of para-hydroxylation sites is 1. The van der Waals surface area contributed by atoms with Crippen molar-refractivity contribution in [2.75, 3.05) is 23.1 Å². The van der Waals surface area contributed by atoms with Gasteiger partial charge in [0.1, 0.15) is 5.75 Å². The van der Waals surface area contributed by atoms with Gasteiger partial charge in [-0.15, -0.1) is 0 Å². The number of hydrogen-bond acceptors (Lipinski definition) is 4. The first-order valence-electron chi connectivity index (χ1n) is 8.32. The molecule has 0 radical (unpaired) electrons. The van der Waals surface area contributed by atoms with Crippen molar-refractivity contribution >= 4 is 34.6 Å². The molecule has 3 aromatic carbocycles. The summed E-state index contributed by atoms with van der Waals surface area (Å²) in [5.41, 5.74) is 2.89. The van der Waals surface area contributed by atoms with Crippen LogP contribution in [-0.4, -0.2) is 18.9 Å². The van der Waals surface area contributed by atoms with Crippen molar-refractivity contribution in [2.24, 2.45) is 0 Å². The van der Waals surface area contributed by atoms with E-state index in [2.05, 4.69) is 16.0 Å². The Kier molecular flexibility index (Phi) is 5.69. The number of amides is 2. The van der Waals surface area contributed by atoms with Crippen molar-refractivity contribution in [1.82, 2.24) is 0 Å². The summed E-state index contributed by atoms with van der Waals surface area (Å²) in [7, 11) is 1.56. The molecule has 6 heteroatoms. The first kappa shape index (κ1) is 18.0. The number of rotatable bonds is 5. The molecule has 0 aliphatic rings. The van der Waals surface area contributed by atoms with E-state index in [-0.39, 0.29) is 0 Å². The summed E-state index contributed by atoms with van der Waals surface area (Å²) in [6.45, 7) is 0. The Morgan fingerprint density at radius 3 is 1.59 bits per heavy atom. The number of anilines is 4. The lowest BCUT2D eigenvalue weighted by atomic mass is 10.2. The van der Waals surface area contributed by atoms with Crippen LogP contribution in [0.1, 0.15) is 0 Å². The van der Waals surface area contributed by atoms with E-state index in [1.54, 1.807) is 43.5 Å². The Morgan fingerprint density at radius 2 is 1.07 bits per heavy atom. The Labute approximate surface area is 157 Å². The number of nitrogens with one attached hydrogen (secondary N) is 3. The molecular weight excluding hydrogens is 342 g/mol. The summed E-state index contributed by atoms with van der Waals surface area (Å²) in [5, 5.41) is 8.36. The SMILES string of the molecule is COc1ccc(NC(=O)C(=O)Nc2ccc(Nc3ccccc3)cc2)cc1. The summed E-state index contributed by atoms with van der Waals surface area (Å²) in [5.74, 6) is -0.817. The lowest BCUT2D eigenvalue weighted by Crippen LogP contribution is -2.29. The summed E-state index contributed by atoms with van der Waals surface area (Å²) >= 11 is 0. The molecule has 2 amide bonds. The Morgan fingerprint density at radius 1 is 0.630 bits per heavy atom. The summed E-state index contributed by atoms with van der Waals surface area (Å²) in [6, 6.07) is 23.6. The molecule has 3 aromatic rings. The van der Waals surface area contributed by atoms with E-state index in [1.807, 2.05) is 42.5 Å². The molecule has 0 aromatic heterocycles. The van der Waals surface area contributed by atoms with Crippen LogP contribution in [0.3, 0.4) is 0 Å². The van der Waals surface area contributed by atoms with Crippen LogP contribution in [0.4, 0.5) is 22.7 Å². The Hall–Kier alpha value is -3.80. The largest absolute Gasteiger partial charge is 0.497 e. The molecule has 0 atom stereocenters. The number of methoxy groups -OCH3 is 1. The number of ether oxygens (including phenoxy) is 1. The first-order valence-corrected chi connectivity index (χ1v) is 8.32. The van der Waals surface area contributed by atoms with Gasteiger partial charge >= 0.3 is 11.8 Å². The molecule has 0 unspecified atom stereocenters. The first-order chi connectivity index (χ1) is 13.1. The average Bonchev–Trinajstić information content (AvgIpc) is 2.71. The molecular formula is C21H19N3O3. The van der Waals surface area contributed by atoms with E-state index < -0.39 is 11.8 Å². The highest BCUT2D eigenvalue weighted by Crippen LogP contribution is 2.19. The maximum Gasteiger partial charge on any atom is 0.314 e. The number of carbonyl (C=O) groups excluding carboxylic acids is 2. The maximum absolute atomic E-state index is 12.1. The van der Waals surface area contributed by atoms with Crippen LogP contribution in [0.2, 0.25) is 0 Å². The van der Waals surface area contributed by atoms with Crippen molar-refractivity contribution in [3.05, 3.63) is 78.9 Å². The van der Waals surface area contributed by atoms with Crippen LogP contribution in [0.5, 0.6) is 5.75 Å². The minimum absolute atomic E-state index is 0.512. The fourth-order valence-corrected chi connectivity index (χ4v) is 2.38. The Bertz CT molecular complexity index is 908. The van der Waals surface area contributed by atoms with Crippen LogP contribution >= 0.6 is 0 Å². The van der Waals surface area contributed by atoms with E-state index in [1.165, 1.54) is 0 Å². The predicted molar refractivity (Wildman–Crippen MR) is 106 cm³/mol. The average molecular weight is 361 g/mol. The molecule has 0 spiro atoms. The fraction of sp³-hybridized carbons (Fsp3) is 0.0476. The molecule has 136 valence electrons. The molecule has 0 saturated carbocycles. The van der Waals surface area contributed by atoms with Crippen LogP contribution in [0.15, 0.2) is 78.9 Å². The second-order valence-electron chi connectivity index (χ2n) is 5.71. The normalized spacial score (nSPS) is 9.96. The van der Waals surface area contributed by atoms with Gasteiger partial charge in [-0.2, -0.15) is 0 Å². The second-order valence-corrected chi connectivity index (χ2v) is 5.71. The van der Waals surface area contributed by atoms with Gasteiger partial charge in [-0.1, -0.05) is 18.2 Å². The lowest BCUT2D eigenvalue weighted by molar-refractivity contribution is -0.132. The quantitative estimate of drug-likeness (QED) is 0.600. The van der Waals surface area contributed by atoms with E-state index >= 15 is 0 Å². The van der Waals surface area contributed by atoms with E-state index in [0.717, 1.165) is 11.4 Å². The third-order valence-electron chi connectivity index (χ3n) is 3.76. The predicted octanol–water partition coefficient (Wildman–Crippen LogP) is 4.02. The molecule has 3 N–H and O–H groups in total. The Balaban J connectivity index is 1.55. The summed E-state index contributed by atoms with van der Waals surface area (Å²) < 4.78 is 5.05. The molecule has 0 aliphatic heterocycles. The monoisotopic (exact) mass is 361 g/mol. The van der Waals surface area contributed by atoms with Crippen molar-refractivity contribution in [2.45, 2.75) is 0 Å². The molecule has 0 bridgehead atoms. The fourth-order valence-electron chi connectivity index (χ4n) is 2.38.